The van der Waals surface area contributed by atoms with Crippen molar-refractivity contribution in [2.24, 2.45) is 11.3 Å². The number of fused-ring (bicyclic) bond motifs is 1. The van der Waals surface area contributed by atoms with Crippen molar-refractivity contribution in [1.82, 2.24) is 9.80 Å². The van der Waals surface area contributed by atoms with Crippen LogP contribution in [-0.4, -0.2) is 72.7 Å². The fraction of sp³-hybridized carbons (Fsp3) is 0.600. The molecule has 0 bridgehead atoms. The Bertz CT molecular complexity index is 944. The van der Waals surface area contributed by atoms with Crippen LogP contribution in [0.5, 0.6) is 0 Å². The lowest BCUT2D eigenvalue weighted by atomic mass is 9.73. The smallest absolute Gasteiger partial charge is 0.244 e. The molecule has 4 rings (SSSR count). The predicted molar refractivity (Wildman–Crippen MR) is 107 cm³/mol. The molecule has 2 heterocycles. The molecule has 1 saturated carbocycles. The number of likely N-dealkylation sites (tertiary alicyclic amines) is 2. The molecule has 2 aliphatic heterocycles. The van der Waals surface area contributed by atoms with Gasteiger partial charge in [-0.15, -0.1) is 0 Å². The van der Waals surface area contributed by atoms with Crippen LogP contribution >= 0.6 is 11.6 Å². The molecule has 1 aromatic rings. The minimum absolute atomic E-state index is 0.0229. The number of sulfone groups is 1. The number of carbonyl (C=O) groups excluding carboxylic acids is 2. The molecule has 3 fully saturated rings. The highest BCUT2D eigenvalue weighted by molar-refractivity contribution is 7.94. The van der Waals surface area contributed by atoms with E-state index in [2.05, 4.69) is 0 Å². The third-order valence-corrected chi connectivity index (χ3v) is 9.67. The van der Waals surface area contributed by atoms with E-state index in [9.17, 15) is 23.1 Å². The van der Waals surface area contributed by atoms with Gasteiger partial charge in [0.05, 0.1) is 11.5 Å². The van der Waals surface area contributed by atoms with Crippen LogP contribution < -0.4 is 0 Å². The maximum atomic E-state index is 13.4. The quantitative estimate of drug-likeness (QED) is 0.762. The largest absolute Gasteiger partial charge is 0.396 e. The Morgan fingerprint density at radius 1 is 1.14 bits per heavy atom. The molecule has 7 nitrogen and oxygen atoms in total. The zero-order valence-electron chi connectivity index (χ0n) is 16.3. The molecule has 3 aliphatic rings. The zero-order chi connectivity index (χ0) is 21.0. The highest BCUT2D eigenvalue weighted by Crippen LogP contribution is 2.51. The fourth-order valence-corrected chi connectivity index (χ4v) is 6.89. The maximum absolute atomic E-state index is 13.4. The van der Waals surface area contributed by atoms with Crippen LogP contribution in [0.3, 0.4) is 0 Å². The summed E-state index contributed by atoms with van der Waals surface area (Å²) in [5.74, 6) is -0.461. The molecule has 158 valence electrons. The molecule has 2 atom stereocenters. The lowest BCUT2D eigenvalue weighted by Gasteiger charge is -2.41. The average Bonchev–Trinajstić information content (AvgIpc) is 3.43. The van der Waals surface area contributed by atoms with E-state index < -0.39 is 20.0 Å². The summed E-state index contributed by atoms with van der Waals surface area (Å²) >= 11 is 5.87. The van der Waals surface area contributed by atoms with Gasteiger partial charge in [0.25, 0.3) is 0 Å². The molecule has 0 radical (unpaired) electrons. The number of rotatable bonds is 4. The van der Waals surface area contributed by atoms with Gasteiger partial charge in [0.1, 0.15) is 0 Å². The Morgan fingerprint density at radius 3 is 2.31 bits per heavy atom. The van der Waals surface area contributed by atoms with E-state index in [1.165, 1.54) is 31.2 Å². The van der Waals surface area contributed by atoms with E-state index in [1.807, 2.05) is 0 Å². The second kappa shape index (κ2) is 6.96. The number of carbonyl (C=O) groups is 2. The SMILES string of the molecule is CC(=O)N1CCC2(CO)CN(C(=O)C3(S(=O)(=O)c4ccc(Cl)cc4)CC3)CC2C1. The van der Waals surface area contributed by atoms with E-state index in [0.29, 0.717) is 50.5 Å². The van der Waals surface area contributed by atoms with Gasteiger partial charge in [-0.05, 0) is 43.5 Å². The van der Waals surface area contributed by atoms with Gasteiger partial charge in [0, 0.05) is 49.5 Å². The lowest BCUT2D eigenvalue weighted by molar-refractivity contribution is -0.133. The summed E-state index contributed by atoms with van der Waals surface area (Å²) in [7, 11) is -3.84. The van der Waals surface area contributed by atoms with Gasteiger partial charge in [-0.3, -0.25) is 9.59 Å². The van der Waals surface area contributed by atoms with Crippen molar-refractivity contribution in [2.75, 3.05) is 32.8 Å². The second-order valence-corrected chi connectivity index (χ2v) is 11.3. The third-order valence-electron chi connectivity index (χ3n) is 6.91. The summed E-state index contributed by atoms with van der Waals surface area (Å²) in [6.07, 6.45) is 1.20. The zero-order valence-corrected chi connectivity index (χ0v) is 17.9. The van der Waals surface area contributed by atoms with E-state index in [0.717, 1.165) is 0 Å². The Hall–Kier alpha value is -1.64. The molecule has 2 unspecified atom stereocenters. The molecular weight excluding hydrogens is 416 g/mol. The number of piperidine rings is 1. The van der Waals surface area contributed by atoms with E-state index in [1.54, 1.807) is 9.80 Å². The second-order valence-electron chi connectivity index (χ2n) is 8.57. The van der Waals surface area contributed by atoms with Crippen molar-refractivity contribution < 1.29 is 23.1 Å². The van der Waals surface area contributed by atoms with Gasteiger partial charge in [-0.2, -0.15) is 0 Å². The number of benzene rings is 1. The van der Waals surface area contributed by atoms with Crippen LogP contribution in [0.25, 0.3) is 0 Å². The van der Waals surface area contributed by atoms with Gasteiger partial charge in [-0.25, -0.2) is 8.42 Å². The first kappa shape index (κ1) is 20.6. The molecule has 0 aromatic heterocycles. The topological polar surface area (TPSA) is 95.0 Å². The van der Waals surface area contributed by atoms with Crippen LogP contribution in [0.15, 0.2) is 29.2 Å². The van der Waals surface area contributed by atoms with Gasteiger partial charge in [-0.1, -0.05) is 11.6 Å². The van der Waals surface area contributed by atoms with E-state index in [-0.39, 0.29) is 29.2 Å². The summed E-state index contributed by atoms with van der Waals surface area (Å²) in [6.45, 7) is 3.16. The van der Waals surface area contributed by atoms with Crippen molar-refractivity contribution in [3.05, 3.63) is 29.3 Å². The number of nitrogens with zero attached hydrogens (tertiary/aromatic N) is 2. The monoisotopic (exact) mass is 440 g/mol. The van der Waals surface area contributed by atoms with Crippen LogP contribution in [0.4, 0.5) is 0 Å². The number of aliphatic hydroxyl groups excluding tert-OH is 1. The molecule has 2 saturated heterocycles. The fourth-order valence-electron chi connectivity index (χ4n) is 4.82. The predicted octanol–water partition coefficient (Wildman–Crippen LogP) is 1.34. The van der Waals surface area contributed by atoms with Crippen LogP contribution in [0.1, 0.15) is 26.2 Å². The van der Waals surface area contributed by atoms with Gasteiger partial charge < -0.3 is 14.9 Å². The molecule has 0 spiro atoms. The molecule has 1 N–H and O–H groups in total. The summed E-state index contributed by atoms with van der Waals surface area (Å²) in [5, 5.41) is 10.5. The van der Waals surface area contributed by atoms with Crippen molar-refractivity contribution in [1.29, 1.82) is 0 Å². The Balaban J connectivity index is 1.59. The first-order valence-corrected chi connectivity index (χ1v) is 11.7. The lowest BCUT2D eigenvalue weighted by Crippen LogP contribution is -2.50. The van der Waals surface area contributed by atoms with Crippen molar-refractivity contribution in [3.63, 3.8) is 0 Å². The van der Waals surface area contributed by atoms with Gasteiger partial charge in [0.15, 0.2) is 14.6 Å². The van der Waals surface area contributed by atoms with Gasteiger partial charge in [0.2, 0.25) is 11.8 Å². The molecular formula is C20H25ClN2O5S. The normalized spacial score (nSPS) is 28.2. The number of amides is 2. The minimum Gasteiger partial charge on any atom is -0.396 e. The van der Waals surface area contributed by atoms with Crippen molar-refractivity contribution >= 4 is 33.3 Å². The summed E-state index contributed by atoms with van der Waals surface area (Å²) in [4.78, 5) is 28.6. The number of aliphatic hydroxyl groups is 1. The summed E-state index contributed by atoms with van der Waals surface area (Å²) in [5.41, 5.74) is -0.471. The summed E-state index contributed by atoms with van der Waals surface area (Å²) in [6, 6.07) is 5.90. The maximum Gasteiger partial charge on any atom is 0.244 e. The minimum atomic E-state index is -3.84. The average molecular weight is 441 g/mol. The number of hydrogen-bond acceptors (Lipinski definition) is 5. The standard InChI is InChI=1S/C20H25ClN2O5S/c1-14(25)22-9-8-19(13-24)12-23(11-15(19)10-22)18(26)20(6-7-20)29(27,28)17-4-2-16(21)3-5-17/h2-5,15,24H,6-13H2,1H3. The first-order chi connectivity index (χ1) is 13.6. The Labute approximate surface area is 175 Å². The third kappa shape index (κ3) is 3.16. The van der Waals surface area contributed by atoms with E-state index >= 15 is 0 Å². The van der Waals surface area contributed by atoms with Crippen molar-refractivity contribution in [3.8, 4) is 0 Å². The molecule has 2 amide bonds. The number of halogens is 1. The molecule has 1 aromatic carbocycles. The molecule has 29 heavy (non-hydrogen) atoms. The highest BCUT2D eigenvalue weighted by Gasteiger charge is 2.64. The number of hydrogen-bond donors (Lipinski definition) is 1. The van der Waals surface area contributed by atoms with Crippen LogP contribution in [0.2, 0.25) is 5.02 Å². The first-order valence-electron chi connectivity index (χ1n) is 9.81. The van der Waals surface area contributed by atoms with E-state index in [4.69, 9.17) is 11.6 Å². The van der Waals surface area contributed by atoms with Crippen LogP contribution in [-0.2, 0) is 19.4 Å². The van der Waals surface area contributed by atoms with Crippen molar-refractivity contribution in [2.45, 2.75) is 35.8 Å². The summed E-state index contributed by atoms with van der Waals surface area (Å²) < 4.78 is 25.1. The van der Waals surface area contributed by atoms with Gasteiger partial charge >= 0.3 is 0 Å². The Kier molecular flexibility index (Phi) is 4.95. The van der Waals surface area contributed by atoms with Crippen LogP contribution in [0, 0.1) is 11.3 Å². The molecule has 1 aliphatic carbocycles. The molecule has 9 heteroatoms. The Morgan fingerprint density at radius 2 is 1.76 bits per heavy atom. The highest BCUT2D eigenvalue weighted by atomic mass is 35.5.